The maximum absolute atomic E-state index is 11.1. The summed E-state index contributed by atoms with van der Waals surface area (Å²) < 4.78 is 5.38. The Kier molecular flexibility index (Phi) is 6.10. The molecule has 0 saturated carbocycles. The van der Waals surface area contributed by atoms with Gasteiger partial charge in [-0.2, -0.15) is 0 Å². The van der Waals surface area contributed by atoms with Gasteiger partial charge in [-0.1, -0.05) is 30.8 Å². The molecular formula is C13H14O3S. The van der Waals surface area contributed by atoms with Crippen LogP contribution < -0.4 is 4.74 Å². The first-order valence-electron chi connectivity index (χ1n) is 5.28. The Morgan fingerprint density at radius 1 is 1.41 bits per heavy atom. The van der Waals surface area contributed by atoms with Crippen molar-refractivity contribution in [1.82, 2.24) is 0 Å². The second kappa shape index (κ2) is 7.68. The van der Waals surface area contributed by atoms with Gasteiger partial charge in [-0.15, -0.1) is 0 Å². The van der Waals surface area contributed by atoms with Crippen LogP contribution in [0.4, 0.5) is 0 Å². The van der Waals surface area contributed by atoms with Gasteiger partial charge >= 0.3 is 0 Å². The van der Waals surface area contributed by atoms with Crippen molar-refractivity contribution >= 4 is 23.2 Å². The van der Waals surface area contributed by atoms with Crippen LogP contribution in [0.1, 0.15) is 17.3 Å². The molecule has 0 N–H and O–H groups in total. The van der Waals surface area contributed by atoms with Crippen molar-refractivity contribution in [3.8, 4) is 5.75 Å². The van der Waals surface area contributed by atoms with E-state index in [2.05, 4.69) is 0 Å². The highest BCUT2D eigenvalue weighted by atomic mass is 32.2. The van der Waals surface area contributed by atoms with Crippen LogP contribution in [-0.2, 0) is 4.79 Å². The minimum Gasteiger partial charge on any atom is -0.489 e. The van der Waals surface area contributed by atoms with Crippen LogP contribution in [-0.4, -0.2) is 23.8 Å². The molecule has 3 nitrogen and oxygen atoms in total. The molecule has 0 aromatic heterocycles. The maximum Gasteiger partial charge on any atom is 0.211 e. The lowest BCUT2D eigenvalue weighted by Crippen LogP contribution is -1.97. The lowest BCUT2D eigenvalue weighted by atomic mass is 10.2. The summed E-state index contributed by atoms with van der Waals surface area (Å²) in [7, 11) is 0. The molecule has 0 radical (unpaired) electrons. The topological polar surface area (TPSA) is 43.4 Å². The Balaban J connectivity index is 2.45. The van der Waals surface area contributed by atoms with E-state index in [-0.39, 0.29) is 11.7 Å². The summed E-state index contributed by atoms with van der Waals surface area (Å²) in [6.07, 6.45) is 3.88. The summed E-state index contributed by atoms with van der Waals surface area (Å²) in [6.45, 7) is 2.20. The summed E-state index contributed by atoms with van der Waals surface area (Å²) in [4.78, 5) is 21.8. The Morgan fingerprint density at radius 2 is 2.18 bits per heavy atom. The zero-order chi connectivity index (χ0) is 12.5. The van der Waals surface area contributed by atoms with Crippen molar-refractivity contribution in [3.05, 3.63) is 42.0 Å². The van der Waals surface area contributed by atoms with Gasteiger partial charge in [0, 0.05) is 0 Å². The lowest BCUT2D eigenvalue weighted by Gasteiger charge is -2.04. The Labute approximate surface area is 105 Å². The quantitative estimate of drug-likeness (QED) is 0.575. The summed E-state index contributed by atoms with van der Waals surface area (Å²) in [6, 6.07) is 6.97. The van der Waals surface area contributed by atoms with E-state index in [0.717, 1.165) is 12.0 Å². The number of thioether (sulfide) groups is 1. The van der Waals surface area contributed by atoms with Crippen LogP contribution in [0.25, 0.3) is 0 Å². The standard InChI is InChI=1S/C13H14O3S/c1-2-17-13(15)8-5-9-16-12-7-4-3-6-11(12)10-14/h3-8,10H,2,9H2,1H3/b8-5+. The highest BCUT2D eigenvalue weighted by molar-refractivity contribution is 8.14. The molecule has 0 unspecified atom stereocenters. The molecular weight excluding hydrogens is 236 g/mol. The summed E-state index contributed by atoms with van der Waals surface area (Å²) in [5.74, 6) is 1.29. The normalized spacial score (nSPS) is 10.4. The van der Waals surface area contributed by atoms with Gasteiger partial charge < -0.3 is 4.74 Å². The molecule has 0 aliphatic rings. The number of aldehydes is 1. The largest absolute Gasteiger partial charge is 0.489 e. The Morgan fingerprint density at radius 3 is 2.88 bits per heavy atom. The van der Waals surface area contributed by atoms with Crippen LogP contribution in [0.15, 0.2) is 36.4 Å². The van der Waals surface area contributed by atoms with Crippen molar-refractivity contribution < 1.29 is 14.3 Å². The number of ether oxygens (including phenoxy) is 1. The maximum atomic E-state index is 11.1. The van der Waals surface area contributed by atoms with E-state index in [1.54, 1.807) is 30.3 Å². The highest BCUT2D eigenvalue weighted by Gasteiger charge is 1.99. The van der Waals surface area contributed by atoms with Crippen LogP contribution >= 0.6 is 11.8 Å². The fourth-order valence-electron chi connectivity index (χ4n) is 1.18. The lowest BCUT2D eigenvalue weighted by molar-refractivity contribution is -0.107. The molecule has 0 atom stereocenters. The van der Waals surface area contributed by atoms with Crippen molar-refractivity contribution in [2.45, 2.75) is 6.92 Å². The van der Waals surface area contributed by atoms with E-state index >= 15 is 0 Å². The summed E-state index contributed by atoms with van der Waals surface area (Å²) >= 11 is 1.25. The Hall–Kier alpha value is -1.55. The molecule has 1 rings (SSSR count). The molecule has 0 aliphatic carbocycles. The molecule has 90 valence electrons. The monoisotopic (exact) mass is 250 g/mol. The minimum absolute atomic E-state index is 0.0137. The molecule has 4 heteroatoms. The second-order valence-corrected chi connectivity index (χ2v) is 4.39. The van der Waals surface area contributed by atoms with Crippen molar-refractivity contribution in [2.24, 2.45) is 0 Å². The molecule has 0 amide bonds. The number of carbonyl (C=O) groups excluding carboxylic acids is 2. The van der Waals surface area contributed by atoms with Crippen molar-refractivity contribution in [2.75, 3.05) is 12.4 Å². The third-order valence-electron chi connectivity index (χ3n) is 1.92. The summed E-state index contributed by atoms with van der Waals surface area (Å²) in [5.41, 5.74) is 0.509. The van der Waals surface area contributed by atoms with Crippen molar-refractivity contribution in [3.63, 3.8) is 0 Å². The highest BCUT2D eigenvalue weighted by Crippen LogP contribution is 2.15. The molecule has 0 bridgehead atoms. The Bertz CT molecular complexity index is 413. The average Bonchev–Trinajstić information content (AvgIpc) is 2.35. The van der Waals surface area contributed by atoms with E-state index in [4.69, 9.17) is 4.74 Å². The number of para-hydroxylation sites is 1. The van der Waals surface area contributed by atoms with Crippen LogP contribution in [0.5, 0.6) is 5.75 Å². The van der Waals surface area contributed by atoms with Gasteiger partial charge in [-0.25, -0.2) is 0 Å². The van der Waals surface area contributed by atoms with E-state index in [0.29, 0.717) is 11.3 Å². The molecule has 0 aliphatic heterocycles. The number of rotatable bonds is 6. The van der Waals surface area contributed by atoms with Crippen LogP contribution in [0.3, 0.4) is 0 Å². The second-order valence-electron chi connectivity index (χ2n) is 3.12. The molecule has 1 aromatic rings. The van der Waals surface area contributed by atoms with Crippen molar-refractivity contribution in [1.29, 1.82) is 0 Å². The zero-order valence-corrected chi connectivity index (χ0v) is 10.4. The predicted molar refractivity (Wildman–Crippen MR) is 69.6 cm³/mol. The molecule has 0 fully saturated rings. The third kappa shape index (κ3) is 4.87. The molecule has 0 heterocycles. The first kappa shape index (κ1) is 13.5. The summed E-state index contributed by atoms with van der Waals surface area (Å²) in [5, 5.41) is 0.0137. The average molecular weight is 250 g/mol. The molecule has 0 saturated heterocycles. The van der Waals surface area contributed by atoms with E-state index in [1.165, 1.54) is 17.8 Å². The van der Waals surface area contributed by atoms with Gasteiger partial charge in [0.05, 0.1) is 5.56 Å². The van der Waals surface area contributed by atoms with Gasteiger partial charge in [0.25, 0.3) is 0 Å². The van der Waals surface area contributed by atoms with Gasteiger partial charge in [-0.3, -0.25) is 9.59 Å². The minimum atomic E-state index is 0.0137. The first-order chi connectivity index (χ1) is 8.27. The van der Waals surface area contributed by atoms with Crippen LogP contribution in [0, 0.1) is 0 Å². The molecule has 1 aromatic carbocycles. The SMILES string of the molecule is CCSC(=O)/C=C/COc1ccccc1C=O. The molecule has 17 heavy (non-hydrogen) atoms. The smallest absolute Gasteiger partial charge is 0.211 e. The number of hydrogen-bond donors (Lipinski definition) is 0. The van der Waals surface area contributed by atoms with Gasteiger partial charge in [0.1, 0.15) is 12.4 Å². The van der Waals surface area contributed by atoms with E-state index in [9.17, 15) is 9.59 Å². The number of hydrogen-bond acceptors (Lipinski definition) is 4. The number of benzene rings is 1. The van der Waals surface area contributed by atoms with E-state index in [1.807, 2.05) is 6.92 Å². The predicted octanol–water partition coefficient (Wildman–Crippen LogP) is 2.71. The first-order valence-corrected chi connectivity index (χ1v) is 6.26. The molecule has 0 spiro atoms. The van der Waals surface area contributed by atoms with Gasteiger partial charge in [-0.05, 0) is 30.0 Å². The zero-order valence-electron chi connectivity index (χ0n) is 9.59. The van der Waals surface area contributed by atoms with Gasteiger partial charge in [0.2, 0.25) is 5.12 Å². The fourth-order valence-corrected chi connectivity index (χ4v) is 1.66. The third-order valence-corrected chi connectivity index (χ3v) is 2.63. The number of carbonyl (C=O) groups is 2. The fraction of sp³-hybridized carbons (Fsp3) is 0.231. The van der Waals surface area contributed by atoms with Crippen LogP contribution in [0.2, 0.25) is 0 Å². The van der Waals surface area contributed by atoms with E-state index < -0.39 is 0 Å². The van der Waals surface area contributed by atoms with Gasteiger partial charge in [0.15, 0.2) is 6.29 Å².